The molecule has 0 aliphatic heterocycles. The van der Waals surface area contributed by atoms with Gasteiger partial charge in [0.1, 0.15) is 0 Å². The van der Waals surface area contributed by atoms with Crippen LogP contribution < -0.4 is 0 Å². The van der Waals surface area contributed by atoms with Crippen molar-refractivity contribution in [1.29, 1.82) is 0 Å². The van der Waals surface area contributed by atoms with E-state index in [2.05, 4.69) is 0 Å². The molecule has 0 aromatic carbocycles. The summed E-state index contributed by atoms with van der Waals surface area (Å²) in [6.07, 6.45) is 6.51. The van der Waals surface area contributed by atoms with Crippen LogP contribution in [0.3, 0.4) is 0 Å². The Morgan fingerprint density at radius 3 is 2.67 bits per heavy atom. The van der Waals surface area contributed by atoms with Gasteiger partial charge in [-0.25, -0.2) is 4.39 Å². The highest BCUT2D eigenvalue weighted by Gasteiger charge is 2.37. The maximum atomic E-state index is 13.3. The standard InChI is InChI=1S/C13H17FO/c1-4-6-7-9(3)11-8-12(14)13(15)10(11)5-2/h4-7,11-12H,8H2,1-3H3/b6-4-,9-7-,10-5+/t11-,12-/m0/s1. The van der Waals surface area contributed by atoms with E-state index >= 15 is 0 Å². The summed E-state index contributed by atoms with van der Waals surface area (Å²) in [4.78, 5) is 11.4. The molecule has 0 aromatic heterocycles. The van der Waals surface area contributed by atoms with E-state index in [1.165, 1.54) is 0 Å². The summed E-state index contributed by atoms with van der Waals surface area (Å²) in [6, 6.07) is 0. The van der Waals surface area contributed by atoms with Crippen molar-refractivity contribution >= 4 is 5.78 Å². The van der Waals surface area contributed by atoms with Crippen molar-refractivity contribution in [1.82, 2.24) is 0 Å². The average Bonchev–Trinajstić information content (AvgIpc) is 2.52. The van der Waals surface area contributed by atoms with Crippen LogP contribution in [0.15, 0.2) is 35.5 Å². The third kappa shape index (κ3) is 2.44. The van der Waals surface area contributed by atoms with Gasteiger partial charge in [-0.2, -0.15) is 0 Å². The van der Waals surface area contributed by atoms with Gasteiger partial charge in [-0.05, 0) is 27.2 Å². The van der Waals surface area contributed by atoms with Crippen molar-refractivity contribution in [2.75, 3.05) is 0 Å². The second kappa shape index (κ2) is 5.06. The minimum Gasteiger partial charge on any atom is -0.291 e. The zero-order valence-corrected chi connectivity index (χ0v) is 9.46. The maximum Gasteiger partial charge on any atom is 0.193 e. The van der Waals surface area contributed by atoms with Crippen LogP contribution in [0.5, 0.6) is 0 Å². The van der Waals surface area contributed by atoms with E-state index in [0.29, 0.717) is 12.0 Å². The summed E-state index contributed by atoms with van der Waals surface area (Å²) < 4.78 is 13.3. The molecule has 0 amide bonds. The molecule has 1 aliphatic carbocycles. The Bertz CT molecular complexity index is 336. The predicted molar refractivity (Wildman–Crippen MR) is 60.3 cm³/mol. The number of carbonyl (C=O) groups is 1. The highest BCUT2D eigenvalue weighted by molar-refractivity contribution is 6.02. The smallest absolute Gasteiger partial charge is 0.193 e. The molecule has 1 nitrogen and oxygen atoms in total. The Morgan fingerprint density at radius 2 is 2.13 bits per heavy atom. The van der Waals surface area contributed by atoms with Gasteiger partial charge >= 0.3 is 0 Å². The summed E-state index contributed by atoms with van der Waals surface area (Å²) in [6.45, 7) is 5.67. The van der Waals surface area contributed by atoms with E-state index in [4.69, 9.17) is 0 Å². The topological polar surface area (TPSA) is 17.1 Å². The summed E-state index contributed by atoms with van der Waals surface area (Å²) in [5.74, 6) is -0.371. The van der Waals surface area contributed by atoms with E-state index in [1.807, 2.05) is 32.1 Å². The molecule has 0 N–H and O–H groups in total. The second-order valence-corrected chi connectivity index (χ2v) is 3.80. The number of hydrogen-bond donors (Lipinski definition) is 0. The molecule has 0 saturated heterocycles. The van der Waals surface area contributed by atoms with Crippen molar-refractivity contribution in [2.24, 2.45) is 5.92 Å². The Hall–Kier alpha value is -1.18. The fourth-order valence-corrected chi connectivity index (χ4v) is 1.93. The number of carbonyl (C=O) groups excluding carboxylic acids is 1. The first-order valence-electron chi connectivity index (χ1n) is 5.25. The number of alkyl halides is 1. The molecule has 0 spiro atoms. The van der Waals surface area contributed by atoms with Crippen molar-refractivity contribution in [2.45, 2.75) is 33.4 Å². The van der Waals surface area contributed by atoms with E-state index < -0.39 is 6.17 Å². The van der Waals surface area contributed by atoms with Gasteiger partial charge in [0.25, 0.3) is 0 Å². The summed E-state index contributed by atoms with van der Waals surface area (Å²) in [7, 11) is 0. The van der Waals surface area contributed by atoms with Crippen molar-refractivity contribution in [3.8, 4) is 0 Å². The van der Waals surface area contributed by atoms with Crippen LogP contribution >= 0.6 is 0 Å². The number of Topliss-reactive ketones (excluding diaryl/α,β-unsaturated/α-hetero) is 1. The van der Waals surface area contributed by atoms with Gasteiger partial charge < -0.3 is 0 Å². The van der Waals surface area contributed by atoms with Gasteiger partial charge in [0.2, 0.25) is 0 Å². The van der Waals surface area contributed by atoms with E-state index in [1.54, 1.807) is 13.0 Å². The lowest BCUT2D eigenvalue weighted by molar-refractivity contribution is -0.118. The Kier molecular flexibility index (Phi) is 4.01. The zero-order chi connectivity index (χ0) is 11.4. The van der Waals surface area contributed by atoms with Gasteiger partial charge in [0.05, 0.1) is 0 Å². The molecule has 2 atom stereocenters. The van der Waals surface area contributed by atoms with Gasteiger partial charge in [-0.3, -0.25) is 4.79 Å². The van der Waals surface area contributed by atoms with Crippen LogP contribution in [0.4, 0.5) is 4.39 Å². The third-order valence-electron chi connectivity index (χ3n) is 2.80. The molecule has 0 radical (unpaired) electrons. The van der Waals surface area contributed by atoms with Crippen LogP contribution in [0.1, 0.15) is 27.2 Å². The van der Waals surface area contributed by atoms with Crippen LogP contribution in [-0.4, -0.2) is 12.0 Å². The third-order valence-corrected chi connectivity index (χ3v) is 2.80. The summed E-state index contributed by atoms with van der Waals surface area (Å²) in [5.41, 5.74) is 1.68. The van der Waals surface area contributed by atoms with Crippen molar-refractivity contribution < 1.29 is 9.18 Å². The fraction of sp³-hybridized carbons (Fsp3) is 0.462. The molecule has 0 bridgehead atoms. The molecule has 2 heteroatoms. The number of hydrogen-bond acceptors (Lipinski definition) is 1. The molecule has 0 unspecified atom stereocenters. The van der Waals surface area contributed by atoms with Crippen LogP contribution in [0.25, 0.3) is 0 Å². The van der Waals surface area contributed by atoms with E-state index in [0.717, 1.165) is 5.57 Å². The number of ketones is 1. The molecule has 1 fully saturated rings. The minimum atomic E-state index is -1.31. The lowest BCUT2D eigenvalue weighted by Gasteiger charge is -2.10. The van der Waals surface area contributed by atoms with Crippen molar-refractivity contribution in [3.05, 3.63) is 35.5 Å². The molecule has 15 heavy (non-hydrogen) atoms. The van der Waals surface area contributed by atoms with E-state index in [-0.39, 0.29) is 11.7 Å². The first-order valence-corrected chi connectivity index (χ1v) is 5.25. The van der Waals surface area contributed by atoms with Crippen LogP contribution in [0, 0.1) is 5.92 Å². The molecule has 1 rings (SSSR count). The molecule has 0 aromatic rings. The fourth-order valence-electron chi connectivity index (χ4n) is 1.93. The molecular formula is C13H17FO. The highest BCUT2D eigenvalue weighted by Crippen LogP contribution is 2.35. The minimum absolute atomic E-state index is 0.0336. The molecule has 1 saturated carbocycles. The molecular weight excluding hydrogens is 191 g/mol. The number of halogens is 1. The monoisotopic (exact) mass is 208 g/mol. The zero-order valence-electron chi connectivity index (χ0n) is 9.46. The van der Waals surface area contributed by atoms with Crippen molar-refractivity contribution in [3.63, 3.8) is 0 Å². The Labute approximate surface area is 90.4 Å². The van der Waals surface area contributed by atoms with Gasteiger partial charge in [-0.15, -0.1) is 0 Å². The van der Waals surface area contributed by atoms with Crippen LogP contribution in [-0.2, 0) is 4.79 Å². The SMILES string of the molecule is C/C=C\C=C(\C)[C@@H]1C[C@H](F)C(=O)/C1=C/C. The predicted octanol–water partition coefficient (Wildman–Crippen LogP) is 3.38. The molecule has 82 valence electrons. The molecule has 0 heterocycles. The first-order chi connectivity index (χ1) is 7.11. The quantitative estimate of drug-likeness (QED) is 0.502. The second-order valence-electron chi connectivity index (χ2n) is 3.80. The van der Waals surface area contributed by atoms with Crippen LogP contribution in [0.2, 0.25) is 0 Å². The first kappa shape index (κ1) is 11.9. The summed E-state index contributed by atoms with van der Waals surface area (Å²) >= 11 is 0. The highest BCUT2D eigenvalue weighted by atomic mass is 19.1. The lowest BCUT2D eigenvalue weighted by Crippen LogP contribution is -2.07. The Balaban J connectivity index is 2.93. The van der Waals surface area contributed by atoms with Gasteiger partial charge in [-0.1, -0.05) is 29.9 Å². The van der Waals surface area contributed by atoms with E-state index in [9.17, 15) is 9.18 Å². The Morgan fingerprint density at radius 1 is 1.47 bits per heavy atom. The van der Waals surface area contributed by atoms with Gasteiger partial charge in [0, 0.05) is 11.5 Å². The maximum absolute atomic E-state index is 13.3. The average molecular weight is 208 g/mol. The van der Waals surface area contributed by atoms with Gasteiger partial charge in [0.15, 0.2) is 12.0 Å². The molecule has 1 aliphatic rings. The summed E-state index contributed by atoms with van der Waals surface area (Å²) in [5, 5.41) is 0. The number of allylic oxidation sites excluding steroid dienone is 6. The lowest BCUT2D eigenvalue weighted by atomic mass is 9.94. The number of rotatable bonds is 2. The normalized spacial score (nSPS) is 30.8. The largest absolute Gasteiger partial charge is 0.291 e.